The monoisotopic (exact) mass is 295 g/mol. The lowest BCUT2D eigenvalue weighted by Crippen LogP contribution is -2.38. The minimum absolute atomic E-state index is 0.613. The van der Waals surface area contributed by atoms with Crippen LogP contribution in [0.3, 0.4) is 0 Å². The molecule has 0 aliphatic rings. The van der Waals surface area contributed by atoms with Crippen LogP contribution in [0.15, 0.2) is 23.2 Å². The quantitative estimate of drug-likeness (QED) is 0.431. The Morgan fingerprint density at radius 3 is 2.62 bits per heavy atom. The van der Waals surface area contributed by atoms with E-state index in [1.165, 1.54) is 0 Å². The molecule has 0 unspecified atom stereocenters. The molecule has 0 aromatic heterocycles. The van der Waals surface area contributed by atoms with Crippen molar-refractivity contribution in [2.24, 2.45) is 4.99 Å². The summed E-state index contributed by atoms with van der Waals surface area (Å²) in [7, 11) is 5.02. The zero-order valence-corrected chi connectivity index (χ0v) is 13.2. The smallest absolute Gasteiger partial charge is 0.191 e. The standard InChI is InChI=1S/C15H25N3O3/c1-5-21-9-8-17-15(16-2)18-11-12-6-7-13(19-3)10-14(12)20-4/h6-7,10H,5,8-9,11H2,1-4H3,(H2,16,17,18). The summed E-state index contributed by atoms with van der Waals surface area (Å²) >= 11 is 0. The van der Waals surface area contributed by atoms with Crippen LogP contribution in [0.25, 0.3) is 0 Å². The number of rotatable bonds is 8. The molecule has 1 aromatic rings. The summed E-state index contributed by atoms with van der Waals surface area (Å²) in [4.78, 5) is 4.16. The van der Waals surface area contributed by atoms with Gasteiger partial charge in [-0.1, -0.05) is 0 Å². The summed E-state index contributed by atoms with van der Waals surface area (Å²) in [5, 5.41) is 6.42. The third-order valence-corrected chi connectivity index (χ3v) is 2.91. The molecule has 118 valence electrons. The molecule has 6 heteroatoms. The molecular weight excluding hydrogens is 270 g/mol. The van der Waals surface area contributed by atoms with E-state index in [2.05, 4.69) is 15.6 Å². The van der Waals surface area contributed by atoms with Crippen molar-refractivity contribution in [1.29, 1.82) is 0 Å². The Morgan fingerprint density at radius 2 is 2.00 bits per heavy atom. The van der Waals surface area contributed by atoms with Gasteiger partial charge in [-0.25, -0.2) is 0 Å². The number of hydrogen-bond donors (Lipinski definition) is 2. The summed E-state index contributed by atoms with van der Waals surface area (Å²) in [6.45, 7) is 4.68. The van der Waals surface area contributed by atoms with Crippen LogP contribution in [0.5, 0.6) is 11.5 Å². The van der Waals surface area contributed by atoms with Gasteiger partial charge in [0.05, 0.1) is 20.8 Å². The summed E-state index contributed by atoms with van der Waals surface area (Å²) in [6, 6.07) is 5.74. The van der Waals surface area contributed by atoms with Crippen LogP contribution in [0.1, 0.15) is 12.5 Å². The van der Waals surface area contributed by atoms with E-state index < -0.39 is 0 Å². The van der Waals surface area contributed by atoms with Gasteiger partial charge < -0.3 is 24.8 Å². The Kier molecular flexibility index (Phi) is 8.04. The maximum Gasteiger partial charge on any atom is 0.191 e. The van der Waals surface area contributed by atoms with E-state index in [0.717, 1.165) is 29.6 Å². The van der Waals surface area contributed by atoms with Gasteiger partial charge in [0, 0.05) is 38.4 Å². The number of nitrogens with zero attached hydrogens (tertiary/aromatic N) is 1. The highest BCUT2D eigenvalue weighted by Crippen LogP contribution is 2.24. The van der Waals surface area contributed by atoms with Crippen LogP contribution < -0.4 is 20.1 Å². The lowest BCUT2D eigenvalue weighted by atomic mass is 10.2. The van der Waals surface area contributed by atoms with Gasteiger partial charge in [-0.3, -0.25) is 4.99 Å². The summed E-state index contributed by atoms with van der Waals surface area (Å²) in [6.07, 6.45) is 0. The van der Waals surface area contributed by atoms with Gasteiger partial charge >= 0.3 is 0 Å². The molecule has 21 heavy (non-hydrogen) atoms. The van der Waals surface area contributed by atoms with Crippen LogP contribution in [-0.4, -0.2) is 47.0 Å². The molecule has 0 heterocycles. The first-order valence-electron chi connectivity index (χ1n) is 6.98. The predicted molar refractivity (Wildman–Crippen MR) is 84.2 cm³/mol. The third kappa shape index (κ3) is 5.91. The summed E-state index contributed by atoms with van der Waals surface area (Å²) < 4.78 is 15.8. The molecule has 0 saturated carbocycles. The number of aliphatic imine (C=N–C) groups is 1. The Balaban J connectivity index is 2.52. The predicted octanol–water partition coefficient (Wildman–Crippen LogP) is 1.41. The van der Waals surface area contributed by atoms with Gasteiger partial charge in [-0.15, -0.1) is 0 Å². The van der Waals surface area contributed by atoms with Crippen molar-refractivity contribution < 1.29 is 14.2 Å². The number of methoxy groups -OCH3 is 2. The fourth-order valence-electron chi connectivity index (χ4n) is 1.78. The molecule has 0 bridgehead atoms. The molecular formula is C15H25N3O3. The summed E-state index contributed by atoms with van der Waals surface area (Å²) in [5.74, 6) is 2.29. The van der Waals surface area contributed by atoms with Crippen LogP contribution in [-0.2, 0) is 11.3 Å². The third-order valence-electron chi connectivity index (χ3n) is 2.91. The largest absolute Gasteiger partial charge is 0.497 e. The average Bonchev–Trinajstić information content (AvgIpc) is 2.54. The lowest BCUT2D eigenvalue weighted by Gasteiger charge is -2.14. The van der Waals surface area contributed by atoms with Crippen molar-refractivity contribution in [3.8, 4) is 11.5 Å². The maximum absolute atomic E-state index is 5.37. The minimum Gasteiger partial charge on any atom is -0.497 e. The molecule has 0 spiro atoms. The molecule has 0 radical (unpaired) electrons. The maximum atomic E-state index is 5.37. The second-order valence-corrected chi connectivity index (χ2v) is 4.23. The van der Waals surface area contributed by atoms with Gasteiger partial charge in [-0.2, -0.15) is 0 Å². The van der Waals surface area contributed by atoms with Crippen molar-refractivity contribution >= 4 is 5.96 Å². The SMILES string of the molecule is CCOCCNC(=NC)NCc1ccc(OC)cc1OC. The molecule has 0 aliphatic heterocycles. The van der Waals surface area contributed by atoms with Gasteiger partial charge in [0.25, 0.3) is 0 Å². The zero-order valence-electron chi connectivity index (χ0n) is 13.2. The zero-order chi connectivity index (χ0) is 15.5. The number of nitrogens with one attached hydrogen (secondary N) is 2. The van der Waals surface area contributed by atoms with Crippen molar-refractivity contribution in [1.82, 2.24) is 10.6 Å². The van der Waals surface area contributed by atoms with Crippen LogP contribution in [0.2, 0.25) is 0 Å². The number of guanidine groups is 1. The number of ether oxygens (including phenoxy) is 3. The van der Waals surface area contributed by atoms with Gasteiger partial charge in [0.1, 0.15) is 11.5 Å². The molecule has 0 amide bonds. The Hall–Kier alpha value is -1.95. The first-order valence-corrected chi connectivity index (χ1v) is 6.98. The van der Waals surface area contributed by atoms with Crippen molar-refractivity contribution in [3.05, 3.63) is 23.8 Å². The minimum atomic E-state index is 0.613. The molecule has 0 saturated heterocycles. The first-order chi connectivity index (χ1) is 10.2. The van der Waals surface area contributed by atoms with E-state index in [0.29, 0.717) is 19.7 Å². The highest BCUT2D eigenvalue weighted by atomic mass is 16.5. The van der Waals surface area contributed by atoms with Gasteiger partial charge in [0.15, 0.2) is 5.96 Å². The molecule has 6 nitrogen and oxygen atoms in total. The normalized spacial score (nSPS) is 11.1. The summed E-state index contributed by atoms with van der Waals surface area (Å²) in [5.41, 5.74) is 1.03. The second-order valence-electron chi connectivity index (χ2n) is 4.23. The van der Waals surface area contributed by atoms with E-state index in [1.54, 1.807) is 21.3 Å². The Morgan fingerprint density at radius 1 is 1.19 bits per heavy atom. The Labute approximate surface area is 126 Å². The van der Waals surface area contributed by atoms with Crippen LogP contribution >= 0.6 is 0 Å². The van der Waals surface area contributed by atoms with E-state index in [-0.39, 0.29) is 0 Å². The Bertz CT molecular complexity index is 450. The molecule has 0 aliphatic carbocycles. The van der Waals surface area contributed by atoms with Gasteiger partial charge in [-0.05, 0) is 19.1 Å². The van der Waals surface area contributed by atoms with E-state index in [1.807, 2.05) is 25.1 Å². The van der Waals surface area contributed by atoms with Crippen molar-refractivity contribution in [3.63, 3.8) is 0 Å². The van der Waals surface area contributed by atoms with Crippen LogP contribution in [0, 0.1) is 0 Å². The fraction of sp³-hybridized carbons (Fsp3) is 0.533. The molecule has 1 aromatic carbocycles. The van der Waals surface area contributed by atoms with E-state index in [4.69, 9.17) is 14.2 Å². The molecule has 0 fully saturated rings. The second kappa shape index (κ2) is 9.88. The highest BCUT2D eigenvalue weighted by Gasteiger charge is 2.06. The van der Waals surface area contributed by atoms with Gasteiger partial charge in [0.2, 0.25) is 0 Å². The average molecular weight is 295 g/mol. The molecule has 1 rings (SSSR count). The van der Waals surface area contributed by atoms with E-state index in [9.17, 15) is 0 Å². The number of benzene rings is 1. The highest BCUT2D eigenvalue weighted by molar-refractivity contribution is 5.79. The van der Waals surface area contributed by atoms with Crippen molar-refractivity contribution in [2.75, 3.05) is 41.0 Å². The number of hydrogen-bond acceptors (Lipinski definition) is 4. The van der Waals surface area contributed by atoms with Crippen molar-refractivity contribution in [2.45, 2.75) is 13.5 Å². The molecule has 2 N–H and O–H groups in total. The fourth-order valence-corrected chi connectivity index (χ4v) is 1.78. The topological polar surface area (TPSA) is 64.1 Å². The van der Waals surface area contributed by atoms with Crippen LogP contribution in [0.4, 0.5) is 0 Å². The van der Waals surface area contributed by atoms with E-state index >= 15 is 0 Å². The first kappa shape index (κ1) is 17.1. The lowest BCUT2D eigenvalue weighted by molar-refractivity contribution is 0.152. The molecule has 0 atom stereocenters.